The van der Waals surface area contributed by atoms with Crippen molar-refractivity contribution in [2.75, 3.05) is 18.5 Å². The summed E-state index contributed by atoms with van der Waals surface area (Å²) in [5, 5.41) is 2.71. The highest BCUT2D eigenvalue weighted by Gasteiger charge is 2.29. The second kappa shape index (κ2) is 11.7. The molecule has 0 unspecified atom stereocenters. The zero-order chi connectivity index (χ0) is 24.7. The summed E-state index contributed by atoms with van der Waals surface area (Å²) in [6, 6.07) is 14.3. The molecule has 0 radical (unpaired) electrons. The van der Waals surface area contributed by atoms with E-state index in [-0.39, 0.29) is 31.2 Å². The highest BCUT2D eigenvalue weighted by molar-refractivity contribution is 5.95. The first-order valence-electron chi connectivity index (χ1n) is 11.9. The molecular formula is C27H34N2O5. The predicted octanol–water partition coefficient (Wildman–Crippen LogP) is 4.77. The normalized spacial score (nSPS) is 17.9. The molecule has 2 aromatic rings. The Morgan fingerprint density at radius 3 is 2.15 bits per heavy atom. The molecule has 2 amide bonds. The topological polar surface area (TPSA) is 84.9 Å². The molecule has 7 nitrogen and oxygen atoms in total. The molecule has 182 valence electrons. The van der Waals surface area contributed by atoms with E-state index >= 15 is 0 Å². The number of carbonyl (C=O) groups excluding carboxylic acids is 3. The Bertz CT molecular complexity index is 975. The summed E-state index contributed by atoms with van der Waals surface area (Å²) >= 11 is 0. The second-order valence-electron chi connectivity index (χ2n) is 9.14. The van der Waals surface area contributed by atoms with E-state index in [2.05, 4.69) is 33.0 Å². The lowest BCUT2D eigenvalue weighted by Gasteiger charge is -2.38. The Morgan fingerprint density at radius 2 is 1.56 bits per heavy atom. The van der Waals surface area contributed by atoms with Crippen molar-refractivity contribution in [2.45, 2.75) is 65.0 Å². The maximum Gasteiger partial charge on any atom is 0.338 e. The van der Waals surface area contributed by atoms with Crippen LogP contribution < -0.4 is 10.1 Å². The number of rotatable bonds is 8. The maximum atomic E-state index is 12.6. The third kappa shape index (κ3) is 6.83. The zero-order valence-electron chi connectivity index (χ0n) is 20.4. The van der Waals surface area contributed by atoms with Crippen molar-refractivity contribution in [1.29, 1.82) is 0 Å². The minimum absolute atomic E-state index is 0.0342. The lowest BCUT2D eigenvalue weighted by molar-refractivity contribution is -0.139. The van der Waals surface area contributed by atoms with Crippen LogP contribution >= 0.6 is 0 Å². The van der Waals surface area contributed by atoms with Crippen LogP contribution in [0.15, 0.2) is 48.5 Å². The Kier molecular flexibility index (Phi) is 8.68. The summed E-state index contributed by atoms with van der Waals surface area (Å²) in [6.07, 6.45) is 3.15. The number of esters is 1. The molecule has 0 aromatic heterocycles. The molecule has 0 aliphatic carbocycles. The highest BCUT2D eigenvalue weighted by atomic mass is 16.5. The van der Waals surface area contributed by atoms with Gasteiger partial charge in [-0.3, -0.25) is 9.59 Å². The molecule has 2 atom stereocenters. The van der Waals surface area contributed by atoms with Crippen LogP contribution in [0.25, 0.3) is 0 Å². The summed E-state index contributed by atoms with van der Waals surface area (Å²) in [4.78, 5) is 38.9. The Labute approximate surface area is 201 Å². The SMILES string of the molecule is CC(C)c1ccc(NC(=O)COC(=O)c2ccc(OCC(=O)N3[C@H](C)CCC[C@@H]3C)cc2)cc1. The van der Waals surface area contributed by atoms with E-state index in [0.717, 1.165) is 19.3 Å². The average molecular weight is 467 g/mol. The van der Waals surface area contributed by atoms with Gasteiger partial charge in [-0.05, 0) is 81.0 Å². The van der Waals surface area contributed by atoms with Crippen LogP contribution in [0.1, 0.15) is 68.8 Å². The molecule has 1 aliphatic heterocycles. The van der Waals surface area contributed by atoms with Gasteiger partial charge in [-0.2, -0.15) is 0 Å². The number of nitrogens with zero attached hydrogens (tertiary/aromatic N) is 1. The van der Waals surface area contributed by atoms with E-state index in [1.165, 1.54) is 5.56 Å². The van der Waals surface area contributed by atoms with Gasteiger partial charge in [0.25, 0.3) is 11.8 Å². The molecular weight excluding hydrogens is 432 g/mol. The molecule has 1 heterocycles. The lowest BCUT2D eigenvalue weighted by Crippen LogP contribution is -2.49. The number of hydrogen-bond acceptors (Lipinski definition) is 5. The molecule has 1 N–H and O–H groups in total. The number of anilines is 1. The fourth-order valence-corrected chi connectivity index (χ4v) is 4.18. The molecule has 1 aliphatic rings. The molecule has 3 rings (SSSR count). The van der Waals surface area contributed by atoms with Crippen LogP contribution in [-0.2, 0) is 14.3 Å². The van der Waals surface area contributed by atoms with Crippen LogP contribution in [0.2, 0.25) is 0 Å². The van der Waals surface area contributed by atoms with Crippen LogP contribution in [0.3, 0.4) is 0 Å². The van der Waals surface area contributed by atoms with Crippen molar-refractivity contribution >= 4 is 23.5 Å². The number of likely N-dealkylation sites (tertiary alicyclic amines) is 1. The lowest BCUT2D eigenvalue weighted by atomic mass is 9.97. The van der Waals surface area contributed by atoms with Gasteiger partial charge < -0.3 is 19.7 Å². The number of carbonyl (C=O) groups is 3. The Morgan fingerprint density at radius 1 is 0.941 bits per heavy atom. The first-order valence-corrected chi connectivity index (χ1v) is 11.9. The standard InChI is InChI=1S/C27H34N2O5/c1-18(2)21-8-12-23(13-9-21)28-25(30)16-34-27(32)22-10-14-24(15-11-22)33-17-26(31)29-19(3)6-5-7-20(29)4/h8-15,18-20H,5-7,16-17H2,1-4H3,(H,28,30)/t19-,20+. The molecule has 7 heteroatoms. The fourth-order valence-electron chi connectivity index (χ4n) is 4.18. The van der Waals surface area contributed by atoms with Gasteiger partial charge in [0.1, 0.15) is 5.75 Å². The van der Waals surface area contributed by atoms with Crippen molar-refractivity contribution < 1.29 is 23.9 Å². The summed E-state index contributed by atoms with van der Waals surface area (Å²) in [6.45, 7) is 7.90. The molecule has 34 heavy (non-hydrogen) atoms. The first-order chi connectivity index (χ1) is 16.2. The smallest absolute Gasteiger partial charge is 0.338 e. The zero-order valence-corrected chi connectivity index (χ0v) is 20.4. The quantitative estimate of drug-likeness (QED) is 0.566. The monoisotopic (exact) mass is 466 g/mol. The molecule has 1 fully saturated rings. The highest BCUT2D eigenvalue weighted by Crippen LogP contribution is 2.23. The third-order valence-corrected chi connectivity index (χ3v) is 6.13. The molecule has 1 saturated heterocycles. The second-order valence-corrected chi connectivity index (χ2v) is 9.14. The van der Waals surface area contributed by atoms with Gasteiger partial charge in [0.05, 0.1) is 5.56 Å². The van der Waals surface area contributed by atoms with Crippen LogP contribution in [0.4, 0.5) is 5.69 Å². The number of ether oxygens (including phenoxy) is 2. The number of piperidine rings is 1. The summed E-state index contributed by atoms with van der Waals surface area (Å²) in [5.74, 6) is -0.155. The summed E-state index contributed by atoms with van der Waals surface area (Å²) < 4.78 is 10.7. The van der Waals surface area contributed by atoms with Crippen molar-refractivity contribution in [3.05, 3.63) is 59.7 Å². The number of hydrogen-bond donors (Lipinski definition) is 1. The number of amides is 2. The minimum Gasteiger partial charge on any atom is -0.484 e. The van der Waals surface area contributed by atoms with Gasteiger partial charge in [0.15, 0.2) is 13.2 Å². The molecule has 0 saturated carbocycles. The average Bonchev–Trinajstić information content (AvgIpc) is 2.82. The number of benzene rings is 2. The van der Waals surface area contributed by atoms with E-state index < -0.39 is 11.9 Å². The first kappa shape index (κ1) is 25.3. The van der Waals surface area contributed by atoms with Gasteiger partial charge in [-0.1, -0.05) is 26.0 Å². The van der Waals surface area contributed by atoms with Crippen LogP contribution in [-0.4, -0.2) is 48.0 Å². The van der Waals surface area contributed by atoms with E-state index in [4.69, 9.17) is 9.47 Å². The van der Waals surface area contributed by atoms with Crippen molar-refractivity contribution in [3.63, 3.8) is 0 Å². The largest absolute Gasteiger partial charge is 0.484 e. The van der Waals surface area contributed by atoms with Gasteiger partial charge in [-0.25, -0.2) is 4.79 Å². The van der Waals surface area contributed by atoms with Crippen molar-refractivity contribution in [1.82, 2.24) is 4.90 Å². The minimum atomic E-state index is -0.608. The van der Waals surface area contributed by atoms with Gasteiger partial charge in [-0.15, -0.1) is 0 Å². The van der Waals surface area contributed by atoms with Crippen molar-refractivity contribution in [2.24, 2.45) is 0 Å². The van der Waals surface area contributed by atoms with E-state index in [1.54, 1.807) is 24.3 Å². The van der Waals surface area contributed by atoms with Crippen LogP contribution in [0.5, 0.6) is 5.75 Å². The van der Waals surface area contributed by atoms with Gasteiger partial charge >= 0.3 is 5.97 Å². The van der Waals surface area contributed by atoms with E-state index in [9.17, 15) is 14.4 Å². The number of nitrogens with one attached hydrogen (secondary N) is 1. The van der Waals surface area contributed by atoms with Crippen LogP contribution in [0, 0.1) is 0 Å². The molecule has 2 aromatic carbocycles. The van der Waals surface area contributed by atoms with Gasteiger partial charge in [0, 0.05) is 17.8 Å². The molecule has 0 spiro atoms. The Balaban J connectivity index is 1.44. The predicted molar refractivity (Wildman–Crippen MR) is 131 cm³/mol. The van der Waals surface area contributed by atoms with E-state index in [0.29, 0.717) is 22.9 Å². The van der Waals surface area contributed by atoms with Crippen molar-refractivity contribution in [3.8, 4) is 5.75 Å². The van der Waals surface area contributed by atoms with E-state index in [1.807, 2.05) is 29.2 Å². The summed E-state index contributed by atoms with van der Waals surface area (Å²) in [5.41, 5.74) is 2.12. The van der Waals surface area contributed by atoms with Gasteiger partial charge in [0.2, 0.25) is 0 Å². The fraction of sp³-hybridized carbons (Fsp3) is 0.444. The third-order valence-electron chi connectivity index (χ3n) is 6.13. The Hall–Kier alpha value is -3.35. The maximum absolute atomic E-state index is 12.6. The molecule has 0 bridgehead atoms. The summed E-state index contributed by atoms with van der Waals surface area (Å²) in [7, 11) is 0.